The van der Waals surface area contributed by atoms with Crippen molar-refractivity contribution in [3.63, 3.8) is 0 Å². The third-order valence-corrected chi connectivity index (χ3v) is 1.59. The van der Waals surface area contributed by atoms with Gasteiger partial charge in [0.25, 0.3) is 0 Å². The topological polar surface area (TPSA) is 121 Å². The van der Waals surface area contributed by atoms with Crippen LogP contribution in [0.15, 0.2) is 0 Å². The molecule has 8 heteroatoms. The summed E-state index contributed by atoms with van der Waals surface area (Å²) in [7, 11) is 0. The van der Waals surface area contributed by atoms with Gasteiger partial charge in [-0.1, -0.05) is 0 Å². The molecule has 0 radical (unpaired) electrons. The van der Waals surface area contributed by atoms with Crippen LogP contribution in [0.25, 0.3) is 0 Å². The van der Waals surface area contributed by atoms with Gasteiger partial charge < -0.3 is 19.9 Å². The number of aliphatic hydroxyl groups excluding tert-OH is 1. The van der Waals surface area contributed by atoms with Crippen LogP contribution in [0.5, 0.6) is 0 Å². The SMILES string of the molecule is O=C(O)CN(CC(O)O)S(=O)[O-]. The molecule has 0 saturated carbocycles. The van der Waals surface area contributed by atoms with Crippen LogP contribution in [0.3, 0.4) is 0 Å². The molecule has 0 rings (SSSR count). The second kappa shape index (κ2) is 5.17. The molecule has 72 valence electrons. The average Bonchev–Trinajstić information content (AvgIpc) is 1.83. The van der Waals surface area contributed by atoms with E-state index in [1.54, 1.807) is 0 Å². The first-order valence-electron chi connectivity index (χ1n) is 2.85. The lowest BCUT2D eigenvalue weighted by Crippen LogP contribution is -2.37. The molecule has 0 heterocycles. The first kappa shape index (κ1) is 11.5. The van der Waals surface area contributed by atoms with E-state index in [0.29, 0.717) is 4.31 Å². The van der Waals surface area contributed by atoms with Crippen LogP contribution < -0.4 is 0 Å². The Labute approximate surface area is 70.7 Å². The Balaban J connectivity index is 4.04. The Morgan fingerprint density at radius 1 is 1.58 bits per heavy atom. The maximum absolute atomic E-state index is 10.2. The van der Waals surface area contributed by atoms with Crippen molar-refractivity contribution >= 4 is 17.2 Å². The molecule has 0 fully saturated rings. The summed E-state index contributed by atoms with van der Waals surface area (Å²) in [5.41, 5.74) is 0. The molecule has 0 aromatic rings. The van der Waals surface area contributed by atoms with Gasteiger partial charge in [-0.15, -0.1) is 0 Å². The monoisotopic (exact) mass is 198 g/mol. The molecule has 0 aromatic heterocycles. The molecule has 0 bridgehead atoms. The van der Waals surface area contributed by atoms with Gasteiger partial charge >= 0.3 is 5.97 Å². The molecule has 0 saturated heterocycles. The van der Waals surface area contributed by atoms with Gasteiger partial charge in [0.15, 0.2) is 6.29 Å². The zero-order valence-electron chi connectivity index (χ0n) is 5.91. The predicted molar refractivity (Wildman–Crippen MR) is 36.4 cm³/mol. The third-order valence-electron chi connectivity index (χ3n) is 0.889. The summed E-state index contributed by atoms with van der Waals surface area (Å²) in [5.74, 6) is -1.36. The van der Waals surface area contributed by atoms with Gasteiger partial charge in [0, 0.05) is 11.3 Å². The smallest absolute Gasteiger partial charge is 0.318 e. The van der Waals surface area contributed by atoms with E-state index in [1.165, 1.54) is 0 Å². The highest BCUT2D eigenvalue weighted by atomic mass is 32.2. The minimum absolute atomic E-state index is 0.382. The molecule has 0 aliphatic carbocycles. The molecule has 1 atom stereocenters. The molecule has 12 heavy (non-hydrogen) atoms. The zero-order valence-corrected chi connectivity index (χ0v) is 6.73. The summed E-state index contributed by atoms with van der Waals surface area (Å²) < 4.78 is 20.8. The molecule has 0 aromatic carbocycles. The highest BCUT2D eigenvalue weighted by Crippen LogP contribution is 1.93. The van der Waals surface area contributed by atoms with Crippen LogP contribution in [0.2, 0.25) is 0 Å². The summed E-state index contributed by atoms with van der Waals surface area (Å²) in [6.07, 6.45) is -1.87. The van der Waals surface area contributed by atoms with Gasteiger partial charge in [-0.2, -0.15) is 0 Å². The number of hydrogen-bond donors (Lipinski definition) is 3. The van der Waals surface area contributed by atoms with Crippen molar-refractivity contribution in [2.75, 3.05) is 13.1 Å². The normalized spacial score (nSPS) is 13.8. The fourth-order valence-corrected chi connectivity index (χ4v) is 0.982. The summed E-state index contributed by atoms with van der Waals surface area (Å²) in [4.78, 5) is 10.0. The quantitative estimate of drug-likeness (QED) is 0.331. The molecule has 7 nitrogen and oxygen atoms in total. The fourth-order valence-electron chi connectivity index (χ4n) is 0.511. The van der Waals surface area contributed by atoms with Gasteiger partial charge in [-0.25, -0.2) is 4.31 Å². The highest BCUT2D eigenvalue weighted by Gasteiger charge is 2.12. The number of nitrogens with zero attached hydrogens (tertiary/aromatic N) is 1. The van der Waals surface area contributed by atoms with E-state index in [2.05, 4.69) is 0 Å². The largest absolute Gasteiger partial charge is 0.760 e. The lowest BCUT2D eigenvalue weighted by molar-refractivity contribution is -0.138. The Morgan fingerprint density at radius 3 is 2.33 bits per heavy atom. The van der Waals surface area contributed by atoms with Crippen LogP contribution in [0, 0.1) is 0 Å². The van der Waals surface area contributed by atoms with Gasteiger partial charge in [0.2, 0.25) is 0 Å². The van der Waals surface area contributed by atoms with E-state index in [1.807, 2.05) is 0 Å². The van der Waals surface area contributed by atoms with Crippen molar-refractivity contribution in [3.8, 4) is 0 Å². The zero-order chi connectivity index (χ0) is 9.72. The van der Waals surface area contributed by atoms with Crippen LogP contribution in [0.1, 0.15) is 0 Å². The van der Waals surface area contributed by atoms with E-state index >= 15 is 0 Å². The Morgan fingerprint density at radius 2 is 2.08 bits per heavy atom. The predicted octanol–water partition coefficient (Wildman–Crippen LogP) is -2.52. The van der Waals surface area contributed by atoms with E-state index < -0.39 is 36.6 Å². The summed E-state index contributed by atoms with van der Waals surface area (Å²) in [6.45, 7) is -1.43. The van der Waals surface area contributed by atoms with Crippen molar-refractivity contribution in [2.45, 2.75) is 6.29 Å². The molecule has 1 unspecified atom stereocenters. The summed E-state index contributed by atoms with van der Waals surface area (Å²) in [5, 5.41) is 24.8. The van der Waals surface area contributed by atoms with E-state index in [9.17, 15) is 13.6 Å². The minimum Gasteiger partial charge on any atom is -0.760 e. The third kappa shape index (κ3) is 5.16. The Bertz CT molecular complexity index is 182. The molecule has 0 aliphatic rings. The first-order chi connectivity index (χ1) is 5.43. The van der Waals surface area contributed by atoms with E-state index in [0.717, 1.165) is 0 Å². The summed E-state index contributed by atoms with van der Waals surface area (Å²) >= 11 is -2.76. The number of carboxylic acid groups (broad SMARTS) is 1. The number of carboxylic acids is 1. The van der Waals surface area contributed by atoms with Gasteiger partial charge in [-0.3, -0.25) is 9.00 Å². The van der Waals surface area contributed by atoms with Gasteiger partial charge in [-0.05, 0) is 0 Å². The van der Waals surface area contributed by atoms with Crippen molar-refractivity contribution in [1.29, 1.82) is 0 Å². The number of hydrogen-bond acceptors (Lipinski definition) is 5. The minimum atomic E-state index is -2.76. The molecular weight excluding hydrogens is 190 g/mol. The lowest BCUT2D eigenvalue weighted by Gasteiger charge is -2.22. The molecule has 0 aliphatic heterocycles. The maximum Gasteiger partial charge on any atom is 0.318 e. The van der Waals surface area contributed by atoms with E-state index in [-0.39, 0.29) is 0 Å². The fraction of sp³-hybridized carbons (Fsp3) is 0.750. The Hall–Kier alpha value is -0.540. The van der Waals surface area contributed by atoms with Crippen molar-refractivity contribution in [2.24, 2.45) is 0 Å². The number of rotatable bonds is 5. The van der Waals surface area contributed by atoms with Gasteiger partial charge in [0.1, 0.15) is 6.54 Å². The summed E-state index contributed by atoms with van der Waals surface area (Å²) in [6, 6.07) is 0. The van der Waals surface area contributed by atoms with Crippen molar-refractivity contribution in [3.05, 3.63) is 0 Å². The maximum atomic E-state index is 10.2. The van der Waals surface area contributed by atoms with Crippen LogP contribution >= 0.6 is 0 Å². The molecule has 0 amide bonds. The lowest BCUT2D eigenvalue weighted by atomic mass is 10.5. The first-order valence-corrected chi connectivity index (χ1v) is 3.89. The van der Waals surface area contributed by atoms with Crippen molar-refractivity contribution in [1.82, 2.24) is 4.31 Å². The number of carbonyl (C=O) groups is 1. The van der Waals surface area contributed by atoms with Crippen LogP contribution in [-0.4, -0.2) is 53.7 Å². The standard InChI is InChI=1S/C4H9NO6S/c6-3(7)1-5(12(10)11)2-4(8)9/h3,6-7H,1-2H2,(H,8,9)(H,10,11)/p-1. The average molecular weight is 198 g/mol. The molecule has 0 spiro atoms. The van der Waals surface area contributed by atoms with Crippen molar-refractivity contribution < 1.29 is 28.9 Å². The second-order valence-electron chi connectivity index (χ2n) is 1.91. The van der Waals surface area contributed by atoms with E-state index in [4.69, 9.17) is 15.3 Å². The Kier molecular flexibility index (Phi) is 4.93. The van der Waals surface area contributed by atoms with Crippen LogP contribution in [0.4, 0.5) is 0 Å². The second-order valence-corrected chi connectivity index (χ2v) is 2.86. The van der Waals surface area contributed by atoms with Crippen LogP contribution in [-0.2, 0) is 16.1 Å². The molecular formula is C4H8NO6S-. The number of aliphatic carboxylic acids is 1. The highest BCUT2D eigenvalue weighted by molar-refractivity contribution is 7.76. The molecule has 3 N–H and O–H groups in total. The van der Waals surface area contributed by atoms with Gasteiger partial charge in [0.05, 0.1) is 6.54 Å². The number of aliphatic hydroxyl groups is 2.